The number of hydrogen-bond donors (Lipinski definition) is 1. The van der Waals surface area contributed by atoms with Gasteiger partial charge < -0.3 is 4.90 Å². The number of unbranched alkanes of at least 4 members (excludes halogenated alkanes) is 1. The van der Waals surface area contributed by atoms with Crippen LogP contribution in [0, 0.1) is 6.92 Å². The number of carbonyl (C=O) groups excluding carboxylic acids is 3. The first-order chi connectivity index (χ1) is 13.5. The van der Waals surface area contributed by atoms with Gasteiger partial charge in [0.25, 0.3) is 11.8 Å². The molecule has 0 unspecified atom stereocenters. The maximum absolute atomic E-state index is 13.5. The van der Waals surface area contributed by atoms with Gasteiger partial charge in [-0.2, -0.15) is 0 Å². The second kappa shape index (κ2) is 6.97. The molecule has 0 spiro atoms. The Balaban J connectivity index is 1.83. The molecule has 8 nitrogen and oxygen atoms in total. The van der Waals surface area contributed by atoms with Crippen LogP contribution < -0.4 is 10.2 Å². The third-order valence-corrected chi connectivity index (χ3v) is 5.97. The van der Waals surface area contributed by atoms with Crippen LogP contribution in [0.5, 0.6) is 0 Å². The molecular weight excluding hydrogens is 378 g/mol. The molecule has 1 fully saturated rings. The number of anilines is 2. The third-order valence-electron chi connectivity index (χ3n) is 5.22. The van der Waals surface area contributed by atoms with E-state index in [9.17, 15) is 14.4 Å². The molecule has 9 heteroatoms. The van der Waals surface area contributed by atoms with Gasteiger partial charge in [0.15, 0.2) is 0 Å². The molecule has 3 heterocycles. The average Bonchev–Trinajstić information content (AvgIpc) is 3.25. The SMILES string of the molecule is CCCCN1C(=O)c2ccccc2N2C(=O)CC[C@@]12C(=O)Nc1nnc(C)s1. The van der Waals surface area contributed by atoms with Gasteiger partial charge in [-0.1, -0.05) is 36.8 Å². The molecule has 3 amide bonds. The van der Waals surface area contributed by atoms with Crippen molar-refractivity contribution in [3.05, 3.63) is 34.8 Å². The fourth-order valence-corrected chi connectivity index (χ4v) is 4.53. The molecule has 2 aromatic rings. The lowest BCUT2D eigenvalue weighted by atomic mass is 9.95. The summed E-state index contributed by atoms with van der Waals surface area (Å²) < 4.78 is 0. The first-order valence-electron chi connectivity index (χ1n) is 9.34. The fourth-order valence-electron chi connectivity index (χ4n) is 3.95. The van der Waals surface area contributed by atoms with Crippen LogP contribution in [0.25, 0.3) is 0 Å². The van der Waals surface area contributed by atoms with E-state index in [2.05, 4.69) is 15.5 Å². The van der Waals surface area contributed by atoms with Crippen molar-refractivity contribution in [1.29, 1.82) is 0 Å². The number of nitrogens with zero attached hydrogens (tertiary/aromatic N) is 4. The monoisotopic (exact) mass is 399 g/mol. The number of hydrogen-bond acceptors (Lipinski definition) is 6. The maximum atomic E-state index is 13.5. The number of amides is 3. The summed E-state index contributed by atoms with van der Waals surface area (Å²) >= 11 is 1.26. The number of para-hydroxylation sites is 1. The smallest absolute Gasteiger partial charge is 0.273 e. The Morgan fingerprint density at radius 3 is 2.79 bits per heavy atom. The number of rotatable bonds is 5. The van der Waals surface area contributed by atoms with Crippen molar-refractivity contribution in [2.75, 3.05) is 16.8 Å². The van der Waals surface area contributed by atoms with E-state index in [1.54, 1.807) is 36.1 Å². The molecule has 1 N–H and O–H groups in total. The molecule has 1 aromatic heterocycles. The van der Waals surface area contributed by atoms with E-state index in [1.807, 2.05) is 6.92 Å². The number of aromatic nitrogens is 2. The summed E-state index contributed by atoms with van der Waals surface area (Å²) in [7, 11) is 0. The molecule has 1 aromatic carbocycles. The average molecular weight is 399 g/mol. The highest BCUT2D eigenvalue weighted by Gasteiger charge is 2.60. The summed E-state index contributed by atoms with van der Waals surface area (Å²) in [4.78, 5) is 42.7. The van der Waals surface area contributed by atoms with Gasteiger partial charge in [-0.3, -0.25) is 24.6 Å². The highest BCUT2D eigenvalue weighted by Crippen LogP contribution is 2.45. The predicted molar refractivity (Wildman–Crippen MR) is 105 cm³/mol. The molecular formula is C19H21N5O3S. The second-order valence-electron chi connectivity index (χ2n) is 6.95. The Morgan fingerprint density at radius 1 is 1.29 bits per heavy atom. The number of benzene rings is 1. The van der Waals surface area contributed by atoms with Gasteiger partial charge in [-0.25, -0.2) is 0 Å². The number of carbonyl (C=O) groups is 3. The molecule has 2 aliphatic rings. The van der Waals surface area contributed by atoms with Crippen molar-refractivity contribution in [3.8, 4) is 0 Å². The van der Waals surface area contributed by atoms with Crippen molar-refractivity contribution in [1.82, 2.24) is 15.1 Å². The lowest BCUT2D eigenvalue weighted by Crippen LogP contribution is -2.69. The van der Waals surface area contributed by atoms with Crippen LogP contribution >= 0.6 is 11.3 Å². The van der Waals surface area contributed by atoms with Crippen molar-refractivity contribution in [3.63, 3.8) is 0 Å². The number of nitrogens with one attached hydrogen (secondary N) is 1. The van der Waals surface area contributed by atoms with Crippen LogP contribution in [-0.2, 0) is 9.59 Å². The summed E-state index contributed by atoms with van der Waals surface area (Å²) in [6.45, 7) is 4.22. The molecule has 1 saturated heterocycles. The van der Waals surface area contributed by atoms with Gasteiger partial charge in [-0.15, -0.1) is 10.2 Å². The van der Waals surface area contributed by atoms with E-state index in [4.69, 9.17) is 0 Å². The van der Waals surface area contributed by atoms with Gasteiger partial charge in [0.2, 0.25) is 16.7 Å². The van der Waals surface area contributed by atoms with E-state index in [-0.39, 0.29) is 24.7 Å². The molecule has 0 aliphatic carbocycles. The van der Waals surface area contributed by atoms with Crippen molar-refractivity contribution in [2.24, 2.45) is 0 Å². The second-order valence-corrected chi connectivity index (χ2v) is 8.14. The quantitative estimate of drug-likeness (QED) is 0.834. The van der Waals surface area contributed by atoms with E-state index < -0.39 is 11.6 Å². The molecule has 2 aliphatic heterocycles. The summed E-state index contributed by atoms with van der Waals surface area (Å²) in [5, 5.41) is 11.8. The minimum absolute atomic E-state index is 0.162. The lowest BCUT2D eigenvalue weighted by Gasteiger charge is -2.49. The minimum atomic E-state index is -1.38. The Morgan fingerprint density at radius 2 is 2.07 bits per heavy atom. The lowest BCUT2D eigenvalue weighted by molar-refractivity contribution is -0.129. The van der Waals surface area contributed by atoms with Crippen molar-refractivity contribution in [2.45, 2.75) is 45.2 Å². The minimum Gasteiger partial charge on any atom is -0.307 e. The van der Waals surface area contributed by atoms with Gasteiger partial charge in [0.05, 0.1) is 11.3 Å². The highest BCUT2D eigenvalue weighted by molar-refractivity contribution is 7.15. The molecule has 4 rings (SSSR count). The molecule has 0 saturated carbocycles. The summed E-state index contributed by atoms with van der Waals surface area (Å²) in [6.07, 6.45) is 2.06. The number of aryl methyl sites for hydroxylation is 1. The van der Waals surface area contributed by atoms with Gasteiger partial charge in [0.1, 0.15) is 5.01 Å². The van der Waals surface area contributed by atoms with Crippen LogP contribution in [0.15, 0.2) is 24.3 Å². The van der Waals surface area contributed by atoms with Gasteiger partial charge in [0, 0.05) is 19.4 Å². The van der Waals surface area contributed by atoms with E-state index in [0.717, 1.165) is 17.8 Å². The van der Waals surface area contributed by atoms with E-state index in [0.29, 0.717) is 22.9 Å². The zero-order valence-corrected chi connectivity index (χ0v) is 16.6. The van der Waals surface area contributed by atoms with E-state index >= 15 is 0 Å². The van der Waals surface area contributed by atoms with Gasteiger partial charge in [-0.05, 0) is 25.5 Å². The summed E-state index contributed by atoms with van der Waals surface area (Å²) in [6, 6.07) is 6.98. The first-order valence-corrected chi connectivity index (χ1v) is 10.2. The Bertz CT molecular complexity index is 959. The zero-order valence-electron chi connectivity index (χ0n) is 15.8. The molecule has 1 atom stereocenters. The standard InChI is InChI=1S/C19H21N5O3S/c1-3-4-11-23-16(26)13-7-5-6-8-14(13)24-15(25)9-10-19(23,24)17(27)20-18-22-21-12(2)28-18/h5-8H,3-4,9-11H2,1-2H3,(H,20,22,27)/t19-/m1/s1. The Kier molecular flexibility index (Phi) is 4.62. The third kappa shape index (κ3) is 2.69. The number of fused-ring (bicyclic) bond motifs is 3. The van der Waals surface area contributed by atoms with Crippen LogP contribution in [-0.4, -0.2) is 45.0 Å². The fraction of sp³-hybridized carbons (Fsp3) is 0.421. The predicted octanol–water partition coefficient (Wildman–Crippen LogP) is 2.56. The first kappa shape index (κ1) is 18.5. The zero-order chi connectivity index (χ0) is 19.9. The van der Waals surface area contributed by atoms with Crippen LogP contribution in [0.2, 0.25) is 0 Å². The molecule has 28 heavy (non-hydrogen) atoms. The normalized spacial score (nSPS) is 20.9. The van der Waals surface area contributed by atoms with E-state index in [1.165, 1.54) is 16.2 Å². The largest absolute Gasteiger partial charge is 0.307 e. The summed E-state index contributed by atoms with van der Waals surface area (Å²) in [5.41, 5.74) is -0.438. The maximum Gasteiger partial charge on any atom is 0.273 e. The van der Waals surface area contributed by atoms with Crippen LogP contribution in [0.4, 0.5) is 10.8 Å². The Labute approximate surface area is 166 Å². The highest BCUT2D eigenvalue weighted by atomic mass is 32.1. The van der Waals surface area contributed by atoms with Crippen LogP contribution in [0.3, 0.4) is 0 Å². The molecule has 0 bridgehead atoms. The van der Waals surface area contributed by atoms with Crippen molar-refractivity contribution >= 4 is 39.9 Å². The molecule has 0 radical (unpaired) electrons. The Hall–Kier alpha value is -2.81. The van der Waals surface area contributed by atoms with Crippen molar-refractivity contribution < 1.29 is 14.4 Å². The van der Waals surface area contributed by atoms with Gasteiger partial charge >= 0.3 is 0 Å². The topological polar surface area (TPSA) is 95.5 Å². The van der Waals surface area contributed by atoms with Crippen LogP contribution in [0.1, 0.15) is 48.0 Å². The molecule has 146 valence electrons. The summed E-state index contributed by atoms with van der Waals surface area (Å²) in [5.74, 6) is -0.808.